The van der Waals surface area contributed by atoms with Crippen LogP contribution in [0, 0.1) is 23.1 Å². The number of nitriles is 1. The van der Waals surface area contributed by atoms with E-state index in [4.69, 9.17) is 10.00 Å². The number of ether oxygens (including phenoxy) is 1. The molecule has 0 bridgehead atoms. The molecule has 1 aliphatic carbocycles. The number of hydrogen-bond acceptors (Lipinski definition) is 5. The number of rotatable bonds is 3. The summed E-state index contributed by atoms with van der Waals surface area (Å²) < 4.78 is 43.3. The standard InChI is InChI=1S/C18H16FNO4S/c1-10-5-14-15(24-13-7-11(9-20)6-12(19)8-13)3-4-16(25(2,22)23)17(14)18(10)21/h3-4,6-8,10,18,21H,5H2,1-2H3/t10-,18-/m0/s1. The third kappa shape index (κ3) is 3.23. The lowest BCUT2D eigenvalue weighted by Crippen LogP contribution is -2.08. The number of nitrogens with zero attached hydrogens (tertiary/aromatic N) is 1. The second kappa shape index (κ2) is 6.14. The van der Waals surface area contributed by atoms with E-state index in [1.807, 2.05) is 13.0 Å². The maximum Gasteiger partial charge on any atom is 0.175 e. The van der Waals surface area contributed by atoms with Gasteiger partial charge in [-0.2, -0.15) is 5.26 Å². The summed E-state index contributed by atoms with van der Waals surface area (Å²) >= 11 is 0. The van der Waals surface area contributed by atoms with Crippen LogP contribution in [0.25, 0.3) is 0 Å². The molecule has 2 aromatic carbocycles. The summed E-state index contributed by atoms with van der Waals surface area (Å²) in [6.07, 6.45) is 0.616. The minimum atomic E-state index is -3.51. The Labute approximate surface area is 145 Å². The number of benzene rings is 2. The zero-order valence-corrected chi connectivity index (χ0v) is 14.5. The molecule has 0 fully saturated rings. The number of aliphatic hydroxyl groups is 1. The molecule has 0 amide bonds. The fourth-order valence-corrected chi connectivity index (χ4v) is 4.07. The fourth-order valence-electron chi connectivity index (χ4n) is 3.11. The van der Waals surface area contributed by atoms with Crippen molar-refractivity contribution in [3.63, 3.8) is 0 Å². The fraction of sp³-hybridized carbons (Fsp3) is 0.278. The minimum Gasteiger partial charge on any atom is -0.457 e. The summed E-state index contributed by atoms with van der Waals surface area (Å²) in [5, 5.41) is 19.3. The van der Waals surface area contributed by atoms with Crippen LogP contribution in [0.15, 0.2) is 35.2 Å². The third-order valence-corrected chi connectivity index (χ3v) is 5.42. The molecule has 0 unspecified atom stereocenters. The van der Waals surface area contributed by atoms with Crippen LogP contribution in [0.4, 0.5) is 4.39 Å². The Morgan fingerprint density at radius 2 is 2.04 bits per heavy atom. The van der Waals surface area contributed by atoms with Crippen LogP contribution in [0.1, 0.15) is 29.7 Å². The molecule has 2 atom stereocenters. The highest BCUT2D eigenvalue weighted by molar-refractivity contribution is 7.90. The molecule has 7 heteroatoms. The van der Waals surface area contributed by atoms with Crippen LogP contribution in [-0.4, -0.2) is 19.8 Å². The van der Waals surface area contributed by atoms with Gasteiger partial charge < -0.3 is 9.84 Å². The highest BCUT2D eigenvalue weighted by Crippen LogP contribution is 2.45. The molecule has 0 aliphatic heterocycles. The van der Waals surface area contributed by atoms with Gasteiger partial charge in [0.25, 0.3) is 0 Å². The maximum absolute atomic E-state index is 13.6. The van der Waals surface area contributed by atoms with Gasteiger partial charge in [-0.15, -0.1) is 0 Å². The first-order valence-electron chi connectivity index (χ1n) is 7.63. The van der Waals surface area contributed by atoms with Gasteiger partial charge in [0, 0.05) is 23.4 Å². The molecule has 130 valence electrons. The van der Waals surface area contributed by atoms with Crippen LogP contribution in [0.2, 0.25) is 0 Å². The lowest BCUT2D eigenvalue weighted by Gasteiger charge is -2.15. The lowest BCUT2D eigenvalue weighted by molar-refractivity contribution is 0.130. The zero-order chi connectivity index (χ0) is 18.4. The van der Waals surface area contributed by atoms with E-state index in [1.54, 1.807) is 0 Å². The van der Waals surface area contributed by atoms with E-state index in [0.717, 1.165) is 18.4 Å². The van der Waals surface area contributed by atoms with Gasteiger partial charge in [0.1, 0.15) is 17.3 Å². The topological polar surface area (TPSA) is 87.4 Å². The molecule has 0 aromatic heterocycles. The Kier molecular flexibility index (Phi) is 4.27. The normalized spacial score (nSPS) is 19.3. The Bertz CT molecular complexity index is 995. The van der Waals surface area contributed by atoms with Crippen molar-refractivity contribution < 1.29 is 22.7 Å². The van der Waals surface area contributed by atoms with Crippen molar-refractivity contribution in [2.45, 2.75) is 24.3 Å². The quantitative estimate of drug-likeness (QED) is 0.907. The van der Waals surface area contributed by atoms with Crippen molar-refractivity contribution in [1.29, 1.82) is 5.26 Å². The first kappa shape index (κ1) is 17.4. The van der Waals surface area contributed by atoms with Gasteiger partial charge in [0.2, 0.25) is 0 Å². The number of fused-ring (bicyclic) bond motifs is 1. The zero-order valence-electron chi connectivity index (χ0n) is 13.7. The molecule has 1 N–H and O–H groups in total. The Morgan fingerprint density at radius 3 is 2.68 bits per heavy atom. The van der Waals surface area contributed by atoms with E-state index in [1.165, 1.54) is 18.2 Å². The van der Waals surface area contributed by atoms with Crippen LogP contribution >= 0.6 is 0 Å². The van der Waals surface area contributed by atoms with Crippen LogP contribution in [0.3, 0.4) is 0 Å². The molecule has 0 radical (unpaired) electrons. The summed E-state index contributed by atoms with van der Waals surface area (Å²) in [4.78, 5) is 0.0728. The summed E-state index contributed by atoms with van der Waals surface area (Å²) in [7, 11) is -3.51. The van der Waals surface area contributed by atoms with Gasteiger partial charge in [-0.1, -0.05) is 6.92 Å². The Balaban J connectivity index is 2.11. The smallest absolute Gasteiger partial charge is 0.175 e. The van der Waals surface area contributed by atoms with Gasteiger partial charge in [-0.05, 0) is 36.6 Å². The summed E-state index contributed by atoms with van der Waals surface area (Å²) in [6.45, 7) is 1.82. The van der Waals surface area contributed by atoms with E-state index in [0.29, 0.717) is 23.3 Å². The second-order valence-electron chi connectivity index (χ2n) is 6.24. The van der Waals surface area contributed by atoms with Crippen LogP contribution in [0.5, 0.6) is 11.5 Å². The number of halogens is 1. The SMILES string of the molecule is C[C@H]1Cc2c(Oc3cc(F)cc(C#N)c3)ccc(S(C)(=O)=O)c2[C@H]1O. The maximum atomic E-state index is 13.6. The second-order valence-corrected chi connectivity index (χ2v) is 8.23. The molecule has 0 spiro atoms. The van der Waals surface area contributed by atoms with Crippen LogP contribution in [-0.2, 0) is 16.3 Å². The van der Waals surface area contributed by atoms with Gasteiger partial charge >= 0.3 is 0 Å². The molecular weight excluding hydrogens is 345 g/mol. The summed E-state index contributed by atoms with van der Waals surface area (Å²) in [5.74, 6) is -0.283. The van der Waals surface area contributed by atoms with Crippen molar-refractivity contribution in [3.8, 4) is 17.6 Å². The first-order valence-corrected chi connectivity index (χ1v) is 9.52. The number of sulfone groups is 1. The molecular formula is C18H16FNO4S. The molecule has 1 aliphatic rings. The Morgan fingerprint density at radius 1 is 1.32 bits per heavy atom. The van der Waals surface area contributed by atoms with Crippen molar-refractivity contribution in [2.75, 3.05) is 6.26 Å². The average molecular weight is 361 g/mol. The predicted octanol–water partition coefficient (Wildman–Crippen LogP) is 3.12. The summed E-state index contributed by atoms with van der Waals surface area (Å²) in [6, 6.07) is 8.37. The molecule has 25 heavy (non-hydrogen) atoms. The van der Waals surface area contributed by atoms with Gasteiger partial charge in [-0.25, -0.2) is 12.8 Å². The molecule has 5 nitrogen and oxygen atoms in total. The molecule has 2 aromatic rings. The van der Waals surface area contributed by atoms with Crippen molar-refractivity contribution in [1.82, 2.24) is 0 Å². The van der Waals surface area contributed by atoms with E-state index >= 15 is 0 Å². The minimum absolute atomic E-state index is 0.0728. The molecule has 3 rings (SSSR count). The monoisotopic (exact) mass is 361 g/mol. The van der Waals surface area contributed by atoms with Gasteiger partial charge in [0.05, 0.1) is 22.6 Å². The largest absolute Gasteiger partial charge is 0.457 e. The van der Waals surface area contributed by atoms with Crippen molar-refractivity contribution in [2.24, 2.45) is 5.92 Å². The van der Waals surface area contributed by atoms with E-state index < -0.39 is 21.8 Å². The van der Waals surface area contributed by atoms with Gasteiger partial charge in [0.15, 0.2) is 9.84 Å². The van der Waals surface area contributed by atoms with E-state index in [2.05, 4.69) is 0 Å². The van der Waals surface area contributed by atoms with Gasteiger partial charge in [-0.3, -0.25) is 0 Å². The summed E-state index contributed by atoms with van der Waals surface area (Å²) in [5.41, 5.74) is 1.04. The first-order chi connectivity index (χ1) is 11.7. The molecule has 0 saturated carbocycles. The Hall–Kier alpha value is -2.43. The highest BCUT2D eigenvalue weighted by atomic mass is 32.2. The number of aliphatic hydroxyl groups excluding tert-OH is 1. The predicted molar refractivity (Wildman–Crippen MR) is 88.6 cm³/mol. The molecule has 0 saturated heterocycles. The van der Waals surface area contributed by atoms with Crippen LogP contribution < -0.4 is 4.74 Å². The third-order valence-electron chi connectivity index (χ3n) is 4.26. The molecule has 0 heterocycles. The van der Waals surface area contributed by atoms with E-state index in [9.17, 15) is 17.9 Å². The van der Waals surface area contributed by atoms with Crippen molar-refractivity contribution >= 4 is 9.84 Å². The average Bonchev–Trinajstić information content (AvgIpc) is 2.82. The highest BCUT2D eigenvalue weighted by Gasteiger charge is 2.35. The number of hydrogen-bond donors (Lipinski definition) is 1. The van der Waals surface area contributed by atoms with E-state index in [-0.39, 0.29) is 22.1 Å². The van der Waals surface area contributed by atoms with Crippen molar-refractivity contribution in [3.05, 3.63) is 52.8 Å². The lowest BCUT2D eigenvalue weighted by atomic mass is 10.1.